The van der Waals surface area contributed by atoms with Gasteiger partial charge in [0, 0.05) is 22.1 Å². The van der Waals surface area contributed by atoms with Crippen LogP contribution in [0.1, 0.15) is 53.4 Å². The lowest BCUT2D eigenvalue weighted by atomic mass is 9.52. The number of ketones is 2. The molecular formula is C20H26O3. The molecule has 124 valence electrons. The third-order valence-electron chi connectivity index (χ3n) is 6.26. The number of Topliss-reactive ketones (excluding diaryl/α,β-unsaturated/α-hetero) is 1. The third kappa shape index (κ3) is 2.20. The quantitative estimate of drug-likeness (QED) is 0.595. The maximum absolute atomic E-state index is 12.8. The van der Waals surface area contributed by atoms with E-state index in [2.05, 4.69) is 13.5 Å². The van der Waals surface area contributed by atoms with Crippen molar-refractivity contribution in [2.75, 3.05) is 0 Å². The van der Waals surface area contributed by atoms with Crippen molar-refractivity contribution in [3.8, 4) is 0 Å². The number of hydrogen-bond donors (Lipinski definition) is 1. The van der Waals surface area contributed by atoms with Crippen molar-refractivity contribution in [2.45, 2.75) is 59.0 Å². The summed E-state index contributed by atoms with van der Waals surface area (Å²) in [6.45, 7) is 11.9. The molecule has 0 radical (unpaired) electrons. The highest BCUT2D eigenvalue weighted by molar-refractivity contribution is 6.23. The fourth-order valence-corrected chi connectivity index (χ4v) is 4.69. The number of hydrogen-bond acceptors (Lipinski definition) is 3. The Bertz CT molecular complexity index is 675. The Morgan fingerprint density at radius 1 is 1.26 bits per heavy atom. The van der Waals surface area contributed by atoms with Gasteiger partial charge in [0.2, 0.25) is 0 Å². The summed E-state index contributed by atoms with van der Waals surface area (Å²) >= 11 is 0. The van der Waals surface area contributed by atoms with Crippen molar-refractivity contribution < 1.29 is 14.7 Å². The van der Waals surface area contributed by atoms with Crippen LogP contribution in [0.3, 0.4) is 0 Å². The molecule has 0 aliphatic heterocycles. The molecular weight excluding hydrogens is 288 g/mol. The van der Waals surface area contributed by atoms with Gasteiger partial charge in [0.25, 0.3) is 0 Å². The minimum absolute atomic E-state index is 0.00940. The van der Waals surface area contributed by atoms with E-state index in [1.165, 1.54) is 0 Å². The first-order valence-corrected chi connectivity index (χ1v) is 8.55. The van der Waals surface area contributed by atoms with Crippen LogP contribution in [0.5, 0.6) is 0 Å². The van der Waals surface area contributed by atoms with Gasteiger partial charge in [0.1, 0.15) is 0 Å². The first-order chi connectivity index (χ1) is 10.6. The largest absolute Gasteiger partial charge is 0.386 e. The molecule has 3 aliphatic carbocycles. The van der Waals surface area contributed by atoms with Gasteiger partial charge in [0.05, 0.1) is 5.60 Å². The Morgan fingerprint density at radius 3 is 2.52 bits per heavy atom. The molecule has 0 bridgehead atoms. The van der Waals surface area contributed by atoms with Gasteiger partial charge in [-0.3, -0.25) is 9.59 Å². The molecule has 0 saturated heterocycles. The molecule has 1 N–H and O–H groups in total. The standard InChI is InChI=1S/C20H26O3/c1-11(2)14-10-16(21)17-13(18(14)22)6-7-15-12(3)20(5,23)9-8-19(15,17)4/h10-11,15,23H,3,6-9H2,1-2,4-5H3/t15-,19-,20-/m0/s1. The first-order valence-electron chi connectivity index (χ1n) is 8.55. The van der Waals surface area contributed by atoms with Crippen LogP contribution in [0.4, 0.5) is 0 Å². The molecule has 0 aromatic heterocycles. The minimum Gasteiger partial charge on any atom is -0.386 e. The lowest BCUT2D eigenvalue weighted by Crippen LogP contribution is -2.49. The molecule has 3 aliphatic rings. The Morgan fingerprint density at radius 2 is 1.91 bits per heavy atom. The molecule has 3 rings (SSSR count). The summed E-state index contributed by atoms with van der Waals surface area (Å²) in [5, 5.41) is 10.5. The highest BCUT2D eigenvalue weighted by Gasteiger charge is 2.53. The summed E-state index contributed by atoms with van der Waals surface area (Å²) < 4.78 is 0. The number of aliphatic hydroxyl groups is 1. The van der Waals surface area contributed by atoms with E-state index in [1.807, 2.05) is 20.8 Å². The minimum atomic E-state index is -0.872. The second-order valence-corrected chi connectivity index (χ2v) is 8.11. The molecule has 0 aromatic rings. The molecule has 3 heteroatoms. The van der Waals surface area contributed by atoms with Crippen LogP contribution in [0, 0.1) is 17.3 Å². The molecule has 1 saturated carbocycles. The van der Waals surface area contributed by atoms with Crippen LogP contribution in [0.2, 0.25) is 0 Å². The molecule has 0 heterocycles. The molecule has 23 heavy (non-hydrogen) atoms. The zero-order chi connectivity index (χ0) is 17.2. The van der Waals surface area contributed by atoms with Crippen molar-refractivity contribution in [1.29, 1.82) is 0 Å². The maximum atomic E-state index is 12.8. The van der Waals surface area contributed by atoms with E-state index in [4.69, 9.17) is 0 Å². The monoisotopic (exact) mass is 314 g/mol. The van der Waals surface area contributed by atoms with Crippen LogP contribution >= 0.6 is 0 Å². The van der Waals surface area contributed by atoms with E-state index in [0.29, 0.717) is 36.0 Å². The number of allylic oxidation sites excluding steroid dienone is 4. The first kappa shape index (κ1) is 16.4. The number of carbonyl (C=O) groups excluding carboxylic acids is 2. The topological polar surface area (TPSA) is 54.4 Å². The summed E-state index contributed by atoms with van der Waals surface area (Å²) in [4.78, 5) is 25.7. The van der Waals surface area contributed by atoms with Crippen LogP contribution < -0.4 is 0 Å². The van der Waals surface area contributed by atoms with Gasteiger partial charge in [-0.1, -0.05) is 27.4 Å². The normalized spacial score (nSPS) is 37.7. The molecule has 0 aromatic carbocycles. The van der Waals surface area contributed by atoms with Gasteiger partial charge < -0.3 is 5.11 Å². The highest BCUT2D eigenvalue weighted by atomic mass is 16.3. The van der Waals surface area contributed by atoms with Gasteiger partial charge >= 0.3 is 0 Å². The summed E-state index contributed by atoms with van der Waals surface area (Å²) in [5.41, 5.74) is 1.62. The second-order valence-electron chi connectivity index (χ2n) is 8.11. The molecule has 0 amide bonds. The van der Waals surface area contributed by atoms with Crippen LogP contribution in [-0.2, 0) is 9.59 Å². The predicted octanol–water partition coefficient (Wildman–Crippen LogP) is 3.53. The van der Waals surface area contributed by atoms with Crippen LogP contribution in [-0.4, -0.2) is 22.3 Å². The van der Waals surface area contributed by atoms with Gasteiger partial charge in [-0.25, -0.2) is 0 Å². The van der Waals surface area contributed by atoms with E-state index < -0.39 is 5.60 Å². The van der Waals surface area contributed by atoms with Crippen LogP contribution in [0.25, 0.3) is 0 Å². The fourth-order valence-electron chi connectivity index (χ4n) is 4.69. The zero-order valence-corrected chi connectivity index (χ0v) is 14.5. The Balaban J connectivity index is 2.09. The van der Waals surface area contributed by atoms with E-state index in [1.54, 1.807) is 6.08 Å². The van der Waals surface area contributed by atoms with Gasteiger partial charge in [-0.2, -0.15) is 0 Å². The second kappa shape index (κ2) is 5.01. The average Bonchev–Trinajstić information content (AvgIpc) is 2.46. The fraction of sp³-hybridized carbons (Fsp3) is 0.600. The highest BCUT2D eigenvalue weighted by Crippen LogP contribution is 2.58. The number of fused-ring (bicyclic) bond motifs is 2. The van der Waals surface area contributed by atoms with Crippen molar-refractivity contribution in [3.05, 3.63) is 34.9 Å². The SMILES string of the molecule is C=C1[C@@H]2CCC3=C(C(=O)C=C(C(C)C)C3=O)[C@@]2(C)CC[C@]1(C)O. The van der Waals surface area contributed by atoms with Gasteiger partial charge in [0.15, 0.2) is 11.6 Å². The van der Waals surface area contributed by atoms with E-state index in [-0.39, 0.29) is 28.8 Å². The smallest absolute Gasteiger partial charge is 0.185 e. The predicted molar refractivity (Wildman–Crippen MR) is 89.8 cm³/mol. The van der Waals surface area contributed by atoms with Crippen molar-refractivity contribution in [2.24, 2.45) is 17.3 Å². The lowest BCUT2D eigenvalue weighted by Gasteiger charge is -2.52. The summed E-state index contributed by atoms with van der Waals surface area (Å²) in [5.74, 6) is 0.172. The van der Waals surface area contributed by atoms with Gasteiger partial charge in [-0.05, 0) is 56.1 Å². The number of carbonyl (C=O) groups is 2. The van der Waals surface area contributed by atoms with E-state index >= 15 is 0 Å². The summed E-state index contributed by atoms with van der Waals surface area (Å²) in [6, 6.07) is 0. The molecule has 3 atom stereocenters. The van der Waals surface area contributed by atoms with Crippen molar-refractivity contribution >= 4 is 11.6 Å². The summed E-state index contributed by atoms with van der Waals surface area (Å²) in [6.07, 6.45) is 4.24. The maximum Gasteiger partial charge on any atom is 0.185 e. The Kier molecular flexibility index (Phi) is 3.57. The average molecular weight is 314 g/mol. The van der Waals surface area contributed by atoms with Gasteiger partial charge in [-0.15, -0.1) is 0 Å². The Labute approximate surface area is 138 Å². The number of rotatable bonds is 1. The van der Waals surface area contributed by atoms with E-state index in [9.17, 15) is 14.7 Å². The molecule has 1 fully saturated rings. The molecule has 3 nitrogen and oxygen atoms in total. The summed E-state index contributed by atoms with van der Waals surface area (Å²) in [7, 11) is 0. The third-order valence-corrected chi connectivity index (χ3v) is 6.26. The van der Waals surface area contributed by atoms with Crippen molar-refractivity contribution in [1.82, 2.24) is 0 Å². The van der Waals surface area contributed by atoms with Crippen LogP contribution in [0.15, 0.2) is 34.9 Å². The van der Waals surface area contributed by atoms with E-state index in [0.717, 1.165) is 12.0 Å². The Hall–Kier alpha value is -1.48. The zero-order valence-electron chi connectivity index (χ0n) is 14.5. The lowest BCUT2D eigenvalue weighted by molar-refractivity contribution is -0.118. The molecule has 0 unspecified atom stereocenters. The molecule has 0 spiro atoms. The van der Waals surface area contributed by atoms with Crippen molar-refractivity contribution in [3.63, 3.8) is 0 Å².